The van der Waals surface area contributed by atoms with Crippen LogP contribution in [0, 0.1) is 5.92 Å². The van der Waals surface area contributed by atoms with Gasteiger partial charge in [-0.1, -0.05) is 88.4 Å². The van der Waals surface area contributed by atoms with Crippen LogP contribution in [0.2, 0.25) is 0 Å². The average Bonchev–Trinajstić information content (AvgIpc) is 1.68. The first kappa shape index (κ1) is 98.9. The van der Waals surface area contributed by atoms with Gasteiger partial charge in [0.2, 0.25) is 100 Å². The maximum absolute atomic E-state index is 14.8. The Bertz CT molecular complexity index is 4080. The van der Waals surface area contributed by atoms with E-state index in [9.17, 15) is 96.8 Å². The van der Waals surface area contributed by atoms with E-state index in [2.05, 4.69) is 69.1 Å². The van der Waals surface area contributed by atoms with E-state index in [-0.39, 0.29) is 64.1 Å². The molecule has 0 aromatic heterocycles. The highest BCUT2D eigenvalue weighted by Crippen LogP contribution is 2.29. The third-order valence-electron chi connectivity index (χ3n) is 21.6. The van der Waals surface area contributed by atoms with Crippen LogP contribution in [0.3, 0.4) is 0 Å². The fourth-order valence-corrected chi connectivity index (χ4v) is 13.9. The smallest absolute Gasteiger partial charge is 0.248 e. The highest BCUT2D eigenvalue weighted by atomic mass is 16.3. The molecule has 0 spiro atoms. The number of nitrogens with one attached hydrogen (secondary N) is 13. The minimum Gasteiger partial charge on any atom is -0.394 e. The summed E-state index contributed by atoms with van der Waals surface area (Å²) in [5, 5.41) is 66.3. The summed E-state index contributed by atoms with van der Waals surface area (Å²) in [4.78, 5) is 240. The number of hydrogen-bond acceptors (Lipinski definition) is 20. The third-order valence-corrected chi connectivity index (χ3v) is 21.6. The van der Waals surface area contributed by atoms with E-state index in [0.29, 0.717) is 19.3 Å². The molecule has 0 unspecified atom stereocenters. The number of primary amides is 1. The zero-order valence-corrected chi connectivity index (χ0v) is 72.1. The molecule has 37 nitrogen and oxygen atoms in total. The van der Waals surface area contributed by atoms with Gasteiger partial charge in [0.25, 0.3) is 0 Å². The number of aliphatic hydroxyl groups excluding tert-OH is 3. The van der Waals surface area contributed by atoms with E-state index in [1.165, 1.54) is 109 Å². The zero-order chi connectivity index (χ0) is 90.1. The number of carbonyl (C=O) groups excluding carboxylic acids is 17. The van der Waals surface area contributed by atoms with Gasteiger partial charge in [0.05, 0.1) is 31.4 Å². The first-order valence-electron chi connectivity index (χ1n) is 40.3. The lowest BCUT2D eigenvalue weighted by Crippen LogP contribution is -2.68. The van der Waals surface area contributed by atoms with Gasteiger partial charge in [0, 0.05) is 52.2 Å². The Morgan fingerprint density at radius 3 is 1.38 bits per heavy atom. The van der Waals surface area contributed by atoms with Gasteiger partial charge in [-0.05, 0) is 159 Å². The molecule has 0 saturated carbocycles. The van der Waals surface area contributed by atoms with Crippen molar-refractivity contribution in [1.82, 2.24) is 83.8 Å². The first-order chi connectivity index (χ1) is 55.0. The fourth-order valence-electron chi connectivity index (χ4n) is 13.9. The summed E-state index contributed by atoms with van der Waals surface area (Å²) in [5.41, 5.74) is -6.99. The van der Waals surface area contributed by atoms with Crippen LogP contribution in [-0.2, 0) is 94.3 Å². The molecule has 5 rings (SSSR count). The van der Waals surface area contributed by atoms with Crippen molar-refractivity contribution in [3.63, 3.8) is 0 Å². The molecule has 2 aromatic rings. The molecule has 0 aliphatic carbocycles. The van der Waals surface area contributed by atoms with Crippen molar-refractivity contribution in [3.05, 3.63) is 71.8 Å². The summed E-state index contributed by atoms with van der Waals surface area (Å²) < 4.78 is 0. The van der Waals surface area contributed by atoms with E-state index in [0.717, 1.165) is 20.9 Å². The van der Waals surface area contributed by atoms with Gasteiger partial charge >= 0.3 is 0 Å². The molecule has 11 atom stereocenters. The monoisotopic (exact) mass is 1670 g/mol. The fraction of sp³-hybridized carbons (Fsp3) is 0.646. The molecular weight excluding hydrogens is 1540 g/mol. The quantitative estimate of drug-likeness (QED) is 0.0334. The summed E-state index contributed by atoms with van der Waals surface area (Å²) in [5.74, 6) is -14.0. The second-order valence-electron chi connectivity index (χ2n) is 35.3. The minimum absolute atomic E-state index is 0.0109. The van der Waals surface area contributed by atoms with E-state index < -0.39 is 225 Å². The zero-order valence-electron chi connectivity index (χ0n) is 72.1. The van der Waals surface area contributed by atoms with Crippen molar-refractivity contribution in [2.75, 3.05) is 32.8 Å². The molecule has 660 valence electrons. The van der Waals surface area contributed by atoms with E-state index in [1.807, 2.05) is 30.3 Å². The predicted octanol–water partition coefficient (Wildman–Crippen LogP) is -2.30. The van der Waals surface area contributed by atoms with Crippen molar-refractivity contribution in [1.29, 1.82) is 0 Å². The van der Waals surface area contributed by atoms with Crippen molar-refractivity contribution in [2.24, 2.45) is 11.7 Å². The van der Waals surface area contributed by atoms with Crippen LogP contribution in [0.1, 0.15) is 200 Å². The summed E-state index contributed by atoms with van der Waals surface area (Å²) in [7, 11) is 0. The summed E-state index contributed by atoms with van der Waals surface area (Å²) in [6, 6.07) is 9.58. The second-order valence-corrected chi connectivity index (χ2v) is 35.3. The van der Waals surface area contributed by atoms with Crippen LogP contribution in [0.15, 0.2) is 60.7 Å². The number of nitrogens with two attached hydrogens (primary N) is 1. The lowest BCUT2D eigenvalue weighted by atomic mass is 9.93. The molecule has 3 saturated heterocycles. The summed E-state index contributed by atoms with van der Waals surface area (Å²) >= 11 is 0. The summed E-state index contributed by atoms with van der Waals surface area (Å²) in [6.07, 6.45) is -3.16. The molecule has 119 heavy (non-hydrogen) atoms. The normalized spacial score (nSPS) is 19.1. The number of rotatable bonds is 40. The van der Waals surface area contributed by atoms with Crippen LogP contribution >= 0.6 is 0 Å². The molecular formula is C82H127N17O20. The van der Waals surface area contributed by atoms with Crippen LogP contribution in [0.25, 0.3) is 0 Å². The van der Waals surface area contributed by atoms with E-state index in [4.69, 9.17) is 5.73 Å². The lowest BCUT2D eigenvalue weighted by Gasteiger charge is -2.38. The Balaban J connectivity index is 1.19. The Morgan fingerprint density at radius 1 is 0.462 bits per heavy atom. The van der Waals surface area contributed by atoms with Crippen molar-refractivity contribution < 1.29 is 96.8 Å². The average molecular weight is 1670 g/mol. The number of aliphatic hydroxyl groups is 3. The predicted molar refractivity (Wildman–Crippen MR) is 436 cm³/mol. The molecule has 0 bridgehead atoms. The van der Waals surface area contributed by atoms with Gasteiger partial charge in [0.1, 0.15) is 80.6 Å². The van der Waals surface area contributed by atoms with Gasteiger partial charge in [-0.2, -0.15) is 0 Å². The van der Waals surface area contributed by atoms with Crippen LogP contribution in [0.5, 0.6) is 0 Å². The molecule has 0 radical (unpaired) electrons. The van der Waals surface area contributed by atoms with Crippen LogP contribution in [-0.4, -0.2) is 262 Å². The molecule has 3 aliphatic heterocycles. The number of nitrogens with zero attached hydrogens (tertiary/aromatic N) is 3. The molecule has 37 heteroatoms. The van der Waals surface area contributed by atoms with Crippen LogP contribution < -0.4 is 74.9 Å². The number of amides is 17. The lowest BCUT2D eigenvalue weighted by molar-refractivity contribution is -0.149. The second kappa shape index (κ2) is 40.8. The SMILES string of the molecule is CC[C@@](C)(NC(=O)[C@@H](CCC(N)=O)NC(=O)[C@@H]1C[C@H](O)CN1C(=O)C(C)(C)NC(=O)[C@](C)(CC)NC(=O)[C@@H](CC(C)C)NC(=O)CNC(=O)C(C)(C)NC(=O)C(C)(C)NC(=O)C(C)(C)NC(=O)C(C)(C)NC(=O)[C@@H](Cc1ccccc1)NC(C)=O)C(=O)N1C[C@@H](O)C[C@H]1C(=O)NC(C)(C)C(=O)N1CCC[C@@H]1C(=O)N[C@@H](CO)Cc1ccccc1. The summed E-state index contributed by atoms with van der Waals surface area (Å²) in [6.45, 7) is 25.2. The van der Waals surface area contributed by atoms with Gasteiger partial charge in [-0.15, -0.1) is 0 Å². The molecule has 2 aromatic carbocycles. The molecule has 3 fully saturated rings. The van der Waals surface area contributed by atoms with E-state index in [1.54, 1.807) is 58.0 Å². The number of benzene rings is 2. The molecule has 3 heterocycles. The Kier molecular flexibility index (Phi) is 33.9. The number of β-amino-alcohol motifs (C(OH)–C–C–N with tert-alkyl or cyclic N) is 2. The van der Waals surface area contributed by atoms with Gasteiger partial charge in [-0.25, -0.2) is 0 Å². The van der Waals surface area contributed by atoms with Crippen molar-refractivity contribution in [2.45, 2.75) is 301 Å². The highest BCUT2D eigenvalue weighted by molar-refractivity contribution is 6.04. The standard InChI is InChI=1S/C82H127N17O20/c1-20-81(18,91-63(108)54(37-46(3)4)87-60(105)42-84-67(112)75(6,7)93-69(114)77(10,11)95-70(115)78(12,13)94-68(113)76(8,9)89-62(107)55(85-47(5)101)39-49-31-26-23-27-32-49)71(116)96-80(16,17)73(118)98-43-51(102)40-57(98)65(110)88-53(34-35-59(83)104)61(106)92-82(19,21-2)74(119)99-44-52(103)41-58(99)66(111)90-79(14,15)72(117)97-36-28-33-56(97)64(109)86-50(45-100)38-48-29-24-22-25-30-48/h22-27,29-32,46,50-58,100,102-103H,20-21,28,33-45H2,1-19H3,(H2,83,104)(H,84,112)(H,85,101)(H,86,109)(H,87,105)(H,88,110)(H,89,107)(H,90,111)(H,91,108)(H,92,106)(H,93,114)(H,94,113)(H,95,115)(H,96,116)/t50-,51+,52+,53-,54-,55-,56-,57+,58+,81+,82-/m1/s1. The minimum atomic E-state index is -1.91. The molecule has 17 amide bonds. The maximum Gasteiger partial charge on any atom is 0.248 e. The Morgan fingerprint density at radius 2 is 0.891 bits per heavy atom. The number of hydrogen-bond donors (Lipinski definition) is 17. The third kappa shape index (κ3) is 27.2. The van der Waals surface area contributed by atoms with Gasteiger partial charge < -0.3 is 105 Å². The number of carbonyl (C=O) groups is 17. The Hall–Kier alpha value is -10.7. The Labute approximate surface area is 695 Å². The van der Waals surface area contributed by atoms with Crippen LogP contribution in [0.4, 0.5) is 0 Å². The topological polar surface area (TPSA) is 543 Å². The maximum atomic E-state index is 14.8. The highest BCUT2D eigenvalue weighted by Gasteiger charge is 2.52. The largest absolute Gasteiger partial charge is 0.394 e. The molecule has 3 aliphatic rings. The van der Waals surface area contributed by atoms with Crippen molar-refractivity contribution in [3.8, 4) is 0 Å². The van der Waals surface area contributed by atoms with Gasteiger partial charge in [0.15, 0.2) is 0 Å². The molecule has 18 N–H and O–H groups in total. The van der Waals surface area contributed by atoms with E-state index >= 15 is 0 Å². The first-order valence-corrected chi connectivity index (χ1v) is 40.3. The van der Waals surface area contributed by atoms with Crippen molar-refractivity contribution >= 4 is 100 Å². The van der Waals surface area contributed by atoms with Gasteiger partial charge in [-0.3, -0.25) is 81.5 Å². The number of likely N-dealkylation sites (tertiary alicyclic amines) is 3.